The van der Waals surface area contributed by atoms with Gasteiger partial charge in [0.2, 0.25) is 11.6 Å². The number of hydrogen-bond donors (Lipinski definition) is 1. The van der Waals surface area contributed by atoms with Gasteiger partial charge in [0.1, 0.15) is 0 Å². The summed E-state index contributed by atoms with van der Waals surface area (Å²) >= 11 is 3.25. The Kier molecular flexibility index (Phi) is 4.87. The van der Waals surface area contributed by atoms with Gasteiger partial charge >= 0.3 is 5.69 Å². The van der Waals surface area contributed by atoms with Gasteiger partial charge in [0.25, 0.3) is 0 Å². The SMILES string of the molecule is CNC(C)c1ccc(Oc2c(Br)cccc2[N+](=O)[O-])nc1. The molecule has 0 spiro atoms. The van der Waals surface area contributed by atoms with Crippen LogP contribution >= 0.6 is 15.9 Å². The van der Waals surface area contributed by atoms with Gasteiger partial charge in [-0.25, -0.2) is 4.98 Å². The monoisotopic (exact) mass is 351 g/mol. The molecule has 1 unspecified atom stereocenters. The summed E-state index contributed by atoms with van der Waals surface area (Å²) in [6, 6.07) is 8.38. The lowest BCUT2D eigenvalue weighted by Gasteiger charge is -2.11. The maximum absolute atomic E-state index is 11.0. The fourth-order valence-electron chi connectivity index (χ4n) is 1.72. The van der Waals surface area contributed by atoms with Crippen molar-refractivity contribution in [1.82, 2.24) is 10.3 Å². The van der Waals surface area contributed by atoms with Crippen LogP contribution in [0.5, 0.6) is 11.6 Å². The Morgan fingerprint density at radius 1 is 1.38 bits per heavy atom. The summed E-state index contributed by atoms with van der Waals surface area (Å²) < 4.78 is 6.06. The van der Waals surface area contributed by atoms with Crippen LogP contribution in [0, 0.1) is 10.1 Å². The number of ether oxygens (including phenoxy) is 1. The largest absolute Gasteiger partial charge is 0.431 e. The van der Waals surface area contributed by atoms with Crippen LogP contribution in [-0.4, -0.2) is 17.0 Å². The Balaban J connectivity index is 2.28. The quantitative estimate of drug-likeness (QED) is 0.654. The third-order valence-electron chi connectivity index (χ3n) is 3.04. The van der Waals surface area contributed by atoms with E-state index in [0.717, 1.165) is 5.56 Å². The number of aromatic nitrogens is 1. The molecule has 7 heteroatoms. The molecule has 110 valence electrons. The zero-order valence-corrected chi connectivity index (χ0v) is 13.1. The van der Waals surface area contributed by atoms with Crippen LogP contribution in [0.1, 0.15) is 18.5 Å². The highest BCUT2D eigenvalue weighted by Crippen LogP contribution is 2.37. The number of benzene rings is 1. The second-order valence-corrected chi connectivity index (χ2v) is 5.24. The molecule has 1 heterocycles. The Morgan fingerprint density at radius 2 is 2.14 bits per heavy atom. The number of halogens is 1. The van der Waals surface area contributed by atoms with E-state index < -0.39 is 4.92 Å². The van der Waals surface area contributed by atoms with Crippen molar-refractivity contribution in [2.24, 2.45) is 0 Å². The molecule has 2 aromatic rings. The lowest BCUT2D eigenvalue weighted by atomic mass is 10.1. The second-order valence-electron chi connectivity index (χ2n) is 4.39. The minimum atomic E-state index is -0.489. The fraction of sp³-hybridized carbons (Fsp3) is 0.214. The van der Waals surface area contributed by atoms with Crippen molar-refractivity contribution >= 4 is 21.6 Å². The van der Waals surface area contributed by atoms with Crippen LogP contribution in [0.2, 0.25) is 0 Å². The van der Waals surface area contributed by atoms with Gasteiger partial charge in [-0.3, -0.25) is 10.1 Å². The smallest absolute Gasteiger partial charge is 0.312 e. The third-order valence-corrected chi connectivity index (χ3v) is 3.67. The van der Waals surface area contributed by atoms with Crippen LogP contribution in [-0.2, 0) is 0 Å². The van der Waals surface area contributed by atoms with E-state index in [1.165, 1.54) is 6.07 Å². The van der Waals surface area contributed by atoms with E-state index in [9.17, 15) is 10.1 Å². The molecule has 1 N–H and O–H groups in total. The average Bonchev–Trinajstić information content (AvgIpc) is 2.49. The van der Waals surface area contributed by atoms with Crippen molar-refractivity contribution < 1.29 is 9.66 Å². The summed E-state index contributed by atoms with van der Waals surface area (Å²) in [6.07, 6.45) is 1.68. The van der Waals surface area contributed by atoms with Crippen molar-refractivity contribution in [3.63, 3.8) is 0 Å². The molecule has 2 rings (SSSR count). The maximum Gasteiger partial charge on any atom is 0.312 e. The molecule has 1 aromatic heterocycles. The van der Waals surface area contributed by atoms with E-state index in [-0.39, 0.29) is 17.5 Å². The summed E-state index contributed by atoms with van der Waals surface area (Å²) in [5, 5.41) is 14.1. The van der Waals surface area contributed by atoms with Gasteiger partial charge in [-0.05, 0) is 41.5 Å². The first-order chi connectivity index (χ1) is 10.0. The summed E-state index contributed by atoms with van der Waals surface area (Å²) in [5.41, 5.74) is 0.894. The van der Waals surface area contributed by atoms with Crippen LogP contribution in [0.4, 0.5) is 5.69 Å². The van der Waals surface area contributed by atoms with E-state index in [1.807, 2.05) is 20.0 Å². The predicted molar refractivity (Wildman–Crippen MR) is 82.6 cm³/mol. The van der Waals surface area contributed by atoms with E-state index in [4.69, 9.17) is 4.74 Å². The van der Waals surface area contributed by atoms with Crippen molar-refractivity contribution in [2.45, 2.75) is 13.0 Å². The first kappa shape index (κ1) is 15.4. The zero-order valence-electron chi connectivity index (χ0n) is 11.5. The number of nitrogens with one attached hydrogen (secondary N) is 1. The number of nitro groups is 1. The molecule has 0 aliphatic heterocycles. The van der Waals surface area contributed by atoms with Crippen LogP contribution in [0.25, 0.3) is 0 Å². The molecule has 1 aromatic carbocycles. The highest BCUT2D eigenvalue weighted by molar-refractivity contribution is 9.10. The summed E-state index contributed by atoms with van der Waals surface area (Å²) in [7, 11) is 1.86. The minimum absolute atomic E-state index is 0.112. The molecule has 6 nitrogen and oxygen atoms in total. The Hall–Kier alpha value is -1.99. The highest BCUT2D eigenvalue weighted by atomic mass is 79.9. The Bertz CT molecular complexity index is 646. The van der Waals surface area contributed by atoms with Crippen molar-refractivity contribution in [3.8, 4) is 11.6 Å². The summed E-state index contributed by atoms with van der Waals surface area (Å²) in [5.74, 6) is 0.446. The lowest BCUT2D eigenvalue weighted by molar-refractivity contribution is -0.385. The van der Waals surface area contributed by atoms with Crippen molar-refractivity contribution in [3.05, 3.63) is 56.7 Å². The van der Waals surface area contributed by atoms with Crippen LogP contribution in [0.15, 0.2) is 41.0 Å². The molecule has 21 heavy (non-hydrogen) atoms. The molecular weight excluding hydrogens is 338 g/mol. The highest BCUT2D eigenvalue weighted by Gasteiger charge is 2.19. The normalized spacial score (nSPS) is 12.0. The molecular formula is C14H14BrN3O3. The first-order valence-electron chi connectivity index (χ1n) is 6.27. The minimum Gasteiger partial charge on any atom is -0.431 e. The fourth-order valence-corrected chi connectivity index (χ4v) is 2.16. The standard InChI is InChI=1S/C14H14BrN3O3/c1-9(16-2)10-6-7-13(17-8-10)21-14-11(15)4-3-5-12(14)18(19)20/h3-9,16H,1-2H3. The number of nitrogens with zero attached hydrogens (tertiary/aromatic N) is 2. The summed E-state index contributed by atoms with van der Waals surface area (Å²) in [4.78, 5) is 14.7. The van der Waals surface area contributed by atoms with Crippen molar-refractivity contribution in [2.75, 3.05) is 7.05 Å². The van der Waals surface area contributed by atoms with Crippen molar-refractivity contribution in [1.29, 1.82) is 0 Å². The van der Waals surface area contributed by atoms with Gasteiger partial charge in [-0.2, -0.15) is 0 Å². The molecule has 1 atom stereocenters. The first-order valence-corrected chi connectivity index (χ1v) is 7.06. The van der Waals surface area contributed by atoms with Gasteiger partial charge in [-0.1, -0.05) is 12.1 Å². The van der Waals surface area contributed by atoms with Gasteiger partial charge < -0.3 is 10.1 Å². The molecule has 0 bridgehead atoms. The van der Waals surface area contributed by atoms with Crippen LogP contribution in [0.3, 0.4) is 0 Å². The van der Waals surface area contributed by atoms with E-state index >= 15 is 0 Å². The lowest BCUT2D eigenvalue weighted by Crippen LogP contribution is -2.12. The zero-order chi connectivity index (χ0) is 15.4. The molecule has 0 amide bonds. The number of rotatable bonds is 5. The van der Waals surface area contributed by atoms with Gasteiger partial charge in [0.05, 0.1) is 9.40 Å². The van der Waals surface area contributed by atoms with Gasteiger partial charge in [0, 0.05) is 24.4 Å². The average molecular weight is 352 g/mol. The topological polar surface area (TPSA) is 77.3 Å². The maximum atomic E-state index is 11.0. The predicted octanol–water partition coefficient (Wildman–Crippen LogP) is 3.83. The third kappa shape index (κ3) is 3.56. The number of nitro benzene ring substituents is 1. The molecule has 0 saturated carbocycles. The number of para-hydroxylation sites is 1. The van der Waals surface area contributed by atoms with E-state index in [0.29, 0.717) is 10.4 Å². The number of pyridine rings is 1. The number of hydrogen-bond acceptors (Lipinski definition) is 5. The Labute approximate surface area is 130 Å². The van der Waals surface area contributed by atoms with Gasteiger partial charge in [0.15, 0.2) is 0 Å². The summed E-state index contributed by atoms with van der Waals surface area (Å²) in [6.45, 7) is 2.01. The van der Waals surface area contributed by atoms with Crippen LogP contribution < -0.4 is 10.1 Å². The molecule has 0 aliphatic carbocycles. The molecule has 0 fully saturated rings. The van der Waals surface area contributed by atoms with E-state index in [2.05, 4.69) is 26.2 Å². The van der Waals surface area contributed by atoms with E-state index in [1.54, 1.807) is 24.4 Å². The Morgan fingerprint density at radius 3 is 2.71 bits per heavy atom. The molecule has 0 radical (unpaired) electrons. The molecule has 0 aliphatic rings. The molecule has 0 saturated heterocycles. The second kappa shape index (κ2) is 6.64. The van der Waals surface area contributed by atoms with Gasteiger partial charge in [-0.15, -0.1) is 0 Å².